The van der Waals surface area contributed by atoms with E-state index in [1.54, 1.807) is 0 Å². The van der Waals surface area contributed by atoms with Crippen molar-refractivity contribution < 1.29 is 5.48 Å². The van der Waals surface area contributed by atoms with Crippen molar-refractivity contribution in [3.05, 3.63) is 0 Å². The van der Waals surface area contributed by atoms with Crippen LogP contribution in [-0.4, -0.2) is 4.83 Å². The molecule has 1 aliphatic rings. The Hall–Kier alpha value is 0.480. The van der Waals surface area contributed by atoms with Crippen LogP contribution in [0.25, 0.3) is 0 Å². The van der Waals surface area contributed by atoms with Crippen LogP contribution in [0.4, 0.5) is 0 Å². The van der Waals surface area contributed by atoms with Gasteiger partial charge in [0.1, 0.15) is 0 Å². The normalized spacial score (nSPS) is 61.2. The fourth-order valence-corrected chi connectivity index (χ4v) is 0.845. The van der Waals surface area contributed by atoms with Gasteiger partial charge < -0.3 is 0 Å². The largest absolute Gasteiger partial charge is 0.0891 e. The molecule has 0 aromatic heterocycles. The molecule has 1 atom stereocenters. The highest BCUT2D eigenvalue weighted by Gasteiger charge is 2.09. The third-order valence-corrected chi connectivity index (χ3v) is 1.47. The molecule has 1 aliphatic carbocycles. The number of hydrogen-bond donors (Lipinski definition) is 0. The average Bonchev–Trinajstić information content (AvgIpc) is 1.94. The van der Waals surface area contributed by atoms with Crippen molar-refractivity contribution in [1.82, 2.24) is 0 Å². The molecule has 0 nitrogen and oxygen atoms in total. The first-order valence-corrected chi connectivity index (χ1v) is 2.93. The first-order chi connectivity index (χ1) is 4.38. The maximum Gasteiger partial charge on any atom is 0.0278 e. The van der Waals surface area contributed by atoms with E-state index in [0.717, 1.165) is 0 Å². The van der Waals surface area contributed by atoms with Crippen molar-refractivity contribution in [2.45, 2.75) is 30.4 Å². The molecule has 0 aromatic carbocycles. The molecule has 36 valence electrons. The van der Waals surface area contributed by atoms with Crippen LogP contribution in [0.2, 0.25) is 0 Å². The molecular formula is C5H9Br. The fraction of sp³-hybridized carbons (Fsp3) is 1.00. The van der Waals surface area contributed by atoms with Crippen LogP contribution in [0.5, 0.6) is 0 Å². The molecule has 0 saturated heterocycles. The zero-order chi connectivity index (χ0) is 7.99. The van der Waals surface area contributed by atoms with Crippen molar-refractivity contribution >= 4 is 15.9 Å². The maximum absolute atomic E-state index is 7.34. The second-order valence-corrected chi connectivity index (χ2v) is 2.43. The van der Waals surface area contributed by atoms with Crippen LogP contribution in [0, 0.1) is 0 Å². The summed E-state index contributed by atoms with van der Waals surface area (Å²) in [6, 6.07) is 0. The second-order valence-electron chi connectivity index (χ2n) is 1.33. The number of halogens is 1. The van der Waals surface area contributed by atoms with Gasteiger partial charge in [0, 0.05) is 10.3 Å². The Bertz CT molecular complexity index is 145. The topological polar surface area (TPSA) is 0 Å². The average molecular weight is 153 g/mol. The van der Waals surface area contributed by atoms with Crippen molar-refractivity contribution in [3.8, 4) is 0 Å². The third-order valence-electron chi connectivity index (χ3n) is 0.781. The lowest BCUT2D eigenvalue weighted by Crippen LogP contribution is -1.81. The molecule has 0 aromatic rings. The standard InChI is InChI=1S/C5H9Br/c6-5-3-1-2-4-5/h5H,1-4H2/i1D2,3D2. The molecule has 0 spiro atoms. The monoisotopic (exact) mass is 152 g/mol. The predicted octanol–water partition coefficient (Wildman–Crippen LogP) is 2.32. The van der Waals surface area contributed by atoms with Gasteiger partial charge in [-0.1, -0.05) is 28.7 Å². The van der Waals surface area contributed by atoms with Gasteiger partial charge in [0.2, 0.25) is 0 Å². The molecule has 0 amide bonds. The lowest BCUT2D eigenvalue weighted by atomic mass is 10.4. The Morgan fingerprint density at radius 2 is 2.67 bits per heavy atom. The maximum atomic E-state index is 7.34. The summed E-state index contributed by atoms with van der Waals surface area (Å²) >= 11 is 3.12. The van der Waals surface area contributed by atoms with Gasteiger partial charge in [-0.3, -0.25) is 0 Å². The molecule has 0 bridgehead atoms. The zero-order valence-electron chi connectivity index (χ0n) is 7.37. The summed E-state index contributed by atoms with van der Waals surface area (Å²) in [5, 5.41) is 0. The lowest BCUT2D eigenvalue weighted by molar-refractivity contribution is 0.886. The number of alkyl halides is 1. The van der Waals surface area contributed by atoms with E-state index in [1.807, 2.05) is 0 Å². The molecule has 1 fully saturated rings. The predicted molar refractivity (Wildman–Crippen MR) is 31.2 cm³/mol. The van der Waals surface area contributed by atoms with Gasteiger partial charge in [0.05, 0.1) is 0 Å². The highest BCUT2D eigenvalue weighted by molar-refractivity contribution is 9.09. The Morgan fingerprint density at radius 1 is 1.83 bits per heavy atom. The first-order valence-electron chi connectivity index (χ1n) is 4.02. The molecule has 1 saturated carbocycles. The molecule has 1 heteroatoms. The molecule has 6 heavy (non-hydrogen) atoms. The van der Waals surface area contributed by atoms with E-state index in [0.29, 0.717) is 12.8 Å². The van der Waals surface area contributed by atoms with Gasteiger partial charge in [-0.15, -0.1) is 0 Å². The minimum Gasteiger partial charge on any atom is -0.0891 e. The van der Waals surface area contributed by atoms with E-state index in [9.17, 15) is 0 Å². The summed E-state index contributed by atoms with van der Waals surface area (Å²) in [6.45, 7) is 0. The van der Waals surface area contributed by atoms with E-state index in [2.05, 4.69) is 15.9 Å². The molecule has 0 N–H and O–H groups in total. The lowest BCUT2D eigenvalue weighted by Gasteiger charge is -1.88. The summed E-state index contributed by atoms with van der Waals surface area (Å²) in [4.78, 5) is -0.324. The molecule has 1 unspecified atom stereocenters. The van der Waals surface area contributed by atoms with E-state index in [-0.39, 0.29) is 4.83 Å². The van der Waals surface area contributed by atoms with Crippen molar-refractivity contribution in [2.75, 3.05) is 0 Å². The van der Waals surface area contributed by atoms with Crippen molar-refractivity contribution in [2.24, 2.45) is 0 Å². The highest BCUT2D eigenvalue weighted by atomic mass is 79.9. The molecule has 0 radical (unpaired) electrons. The van der Waals surface area contributed by atoms with Gasteiger partial charge in [0.15, 0.2) is 0 Å². The first kappa shape index (κ1) is 1.77. The summed E-state index contributed by atoms with van der Waals surface area (Å²) in [5.74, 6) is 0. The zero-order valence-corrected chi connectivity index (χ0v) is 4.96. The summed E-state index contributed by atoms with van der Waals surface area (Å²) in [5.41, 5.74) is 0. The third kappa shape index (κ3) is 0.970. The summed E-state index contributed by atoms with van der Waals surface area (Å²) in [7, 11) is 0. The molecular weight excluding hydrogens is 140 g/mol. The molecule has 1 rings (SSSR count). The van der Waals surface area contributed by atoms with Crippen LogP contribution < -0.4 is 0 Å². The van der Waals surface area contributed by atoms with Gasteiger partial charge in [0.25, 0.3) is 0 Å². The van der Waals surface area contributed by atoms with Gasteiger partial charge in [-0.2, -0.15) is 0 Å². The summed E-state index contributed by atoms with van der Waals surface area (Å²) < 4.78 is 29.2. The van der Waals surface area contributed by atoms with E-state index < -0.39 is 12.7 Å². The van der Waals surface area contributed by atoms with Crippen LogP contribution in [0.3, 0.4) is 0 Å². The minimum absolute atomic E-state index is 0.315. The Kier molecular flexibility index (Phi) is 0.580. The van der Waals surface area contributed by atoms with Gasteiger partial charge >= 0.3 is 0 Å². The fourth-order valence-electron chi connectivity index (χ4n) is 0.454. The Morgan fingerprint density at radius 3 is 2.83 bits per heavy atom. The van der Waals surface area contributed by atoms with Crippen LogP contribution >= 0.6 is 15.9 Å². The van der Waals surface area contributed by atoms with Crippen molar-refractivity contribution in [1.29, 1.82) is 0 Å². The van der Waals surface area contributed by atoms with Crippen molar-refractivity contribution in [3.63, 3.8) is 0 Å². The van der Waals surface area contributed by atoms with E-state index in [4.69, 9.17) is 5.48 Å². The van der Waals surface area contributed by atoms with Gasteiger partial charge in [-0.25, -0.2) is 0 Å². The van der Waals surface area contributed by atoms with Crippen LogP contribution in [0.15, 0.2) is 0 Å². The van der Waals surface area contributed by atoms with Crippen LogP contribution in [0.1, 0.15) is 31.1 Å². The van der Waals surface area contributed by atoms with E-state index in [1.165, 1.54) is 0 Å². The smallest absolute Gasteiger partial charge is 0.0278 e. The highest BCUT2D eigenvalue weighted by Crippen LogP contribution is 2.23. The quantitative estimate of drug-likeness (QED) is 0.468. The second kappa shape index (κ2) is 1.97. The minimum atomic E-state index is -1.70. The van der Waals surface area contributed by atoms with E-state index >= 15 is 0 Å². The van der Waals surface area contributed by atoms with Crippen LogP contribution in [-0.2, 0) is 0 Å². The Balaban J connectivity index is 2.84. The SMILES string of the molecule is [2H]C1([2H])CCC(Br)C1([2H])[2H]. The molecule has 0 aliphatic heterocycles. The number of rotatable bonds is 0. The number of hydrogen-bond acceptors (Lipinski definition) is 0. The van der Waals surface area contributed by atoms with Gasteiger partial charge in [-0.05, 0) is 12.8 Å². The Labute approximate surface area is 52.7 Å². The summed E-state index contributed by atoms with van der Waals surface area (Å²) in [6.07, 6.45) is -2.45. The molecule has 0 heterocycles.